The summed E-state index contributed by atoms with van der Waals surface area (Å²) in [5.41, 5.74) is -0.797. The first-order valence-electron chi connectivity index (χ1n) is 6.97. The normalized spacial score (nSPS) is 22.2. The zero-order valence-electron chi connectivity index (χ0n) is 12.5. The molecule has 4 nitrogen and oxygen atoms in total. The molecule has 1 aromatic heterocycles. The summed E-state index contributed by atoms with van der Waals surface area (Å²) in [5.74, 6) is 0.324. The van der Waals surface area contributed by atoms with Crippen LogP contribution in [-0.2, 0) is 16.1 Å². The minimum Gasteiger partial charge on any atom is -0.342 e. The molecule has 1 aliphatic heterocycles. The van der Waals surface area contributed by atoms with Gasteiger partial charge in [0.25, 0.3) is 0 Å². The molecular formula is C15H22N2O2S. The van der Waals surface area contributed by atoms with Gasteiger partial charge in [-0.3, -0.25) is 9.59 Å². The first kappa shape index (κ1) is 15.0. The molecule has 110 valence electrons. The SMILES string of the molecule is CC(C)CC1NC(=O)C(C)(C)N(Cc2cccs2)C1=O. The molecule has 1 fully saturated rings. The average Bonchev–Trinajstić information content (AvgIpc) is 2.84. The van der Waals surface area contributed by atoms with E-state index in [2.05, 4.69) is 19.2 Å². The second kappa shape index (κ2) is 5.56. The fourth-order valence-corrected chi connectivity index (χ4v) is 3.14. The molecule has 0 bridgehead atoms. The number of carbonyl (C=O) groups is 2. The van der Waals surface area contributed by atoms with E-state index in [0.29, 0.717) is 18.9 Å². The van der Waals surface area contributed by atoms with E-state index in [1.165, 1.54) is 0 Å². The third kappa shape index (κ3) is 2.87. The lowest BCUT2D eigenvalue weighted by atomic mass is 9.92. The molecule has 1 aromatic rings. The molecule has 1 saturated heterocycles. The molecule has 1 N–H and O–H groups in total. The lowest BCUT2D eigenvalue weighted by Gasteiger charge is -2.44. The van der Waals surface area contributed by atoms with Gasteiger partial charge in [0.15, 0.2) is 0 Å². The Morgan fingerprint density at radius 3 is 2.65 bits per heavy atom. The van der Waals surface area contributed by atoms with Gasteiger partial charge in [0.1, 0.15) is 11.6 Å². The van der Waals surface area contributed by atoms with Gasteiger partial charge < -0.3 is 10.2 Å². The number of hydrogen-bond donors (Lipinski definition) is 1. The number of carbonyl (C=O) groups excluding carboxylic acids is 2. The predicted molar refractivity (Wildman–Crippen MR) is 80.3 cm³/mol. The van der Waals surface area contributed by atoms with Crippen LogP contribution in [-0.4, -0.2) is 28.3 Å². The van der Waals surface area contributed by atoms with Crippen LogP contribution in [0.5, 0.6) is 0 Å². The standard InChI is InChI=1S/C15H22N2O2S/c1-10(2)8-12-13(18)17(9-11-6-5-7-20-11)15(3,4)14(19)16-12/h5-7,10,12H,8-9H2,1-4H3,(H,16,19). The number of nitrogens with zero attached hydrogens (tertiary/aromatic N) is 1. The number of nitrogens with one attached hydrogen (secondary N) is 1. The van der Waals surface area contributed by atoms with Crippen LogP contribution in [0, 0.1) is 5.92 Å². The largest absolute Gasteiger partial charge is 0.342 e. The molecule has 0 spiro atoms. The summed E-state index contributed by atoms with van der Waals surface area (Å²) in [6.45, 7) is 8.23. The van der Waals surface area contributed by atoms with Gasteiger partial charge in [-0.2, -0.15) is 0 Å². The molecule has 0 aromatic carbocycles. The van der Waals surface area contributed by atoms with E-state index in [-0.39, 0.29) is 11.8 Å². The van der Waals surface area contributed by atoms with Crippen LogP contribution < -0.4 is 5.32 Å². The monoisotopic (exact) mass is 294 g/mol. The van der Waals surface area contributed by atoms with Crippen molar-refractivity contribution in [2.45, 2.75) is 52.2 Å². The van der Waals surface area contributed by atoms with E-state index in [1.807, 2.05) is 17.5 Å². The molecule has 2 rings (SSSR count). The highest BCUT2D eigenvalue weighted by Gasteiger charge is 2.46. The molecule has 2 amide bonds. The van der Waals surface area contributed by atoms with Crippen LogP contribution in [0.15, 0.2) is 17.5 Å². The minimum atomic E-state index is -0.797. The van der Waals surface area contributed by atoms with Crippen molar-refractivity contribution in [1.82, 2.24) is 10.2 Å². The lowest BCUT2D eigenvalue weighted by Crippen LogP contribution is -2.68. The highest BCUT2D eigenvalue weighted by Crippen LogP contribution is 2.26. The van der Waals surface area contributed by atoms with E-state index in [0.717, 1.165) is 4.88 Å². The van der Waals surface area contributed by atoms with E-state index in [1.54, 1.807) is 30.1 Å². The maximum absolute atomic E-state index is 12.7. The highest BCUT2D eigenvalue weighted by atomic mass is 32.1. The zero-order valence-corrected chi connectivity index (χ0v) is 13.3. The summed E-state index contributed by atoms with van der Waals surface area (Å²) in [5, 5.41) is 4.86. The van der Waals surface area contributed by atoms with Crippen LogP contribution in [0.4, 0.5) is 0 Å². The number of hydrogen-bond acceptors (Lipinski definition) is 3. The number of amides is 2. The Kier molecular flexibility index (Phi) is 4.18. The molecule has 0 aliphatic carbocycles. The minimum absolute atomic E-state index is 0.0247. The first-order chi connectivity index (χ1) is 9.32. The third-order valence-corrected chi connectivity index (χ3v) is 4.56. The summed E-state index contributed by atoms with van der Waals surface area (Å²) in [6.07, 6.45) is 0.682. The van der Waals surface area contributed by atoms with E-state index >= 15 is 0 Å². The molecule has 1 unspecified atom stereocenters. The Bertz CT molecular complexity index is 494. The van der Waals surface area contributed by atoms with Crippen molar-refractivity contribution < 1.29 is 9.59 Å². The van der Waals surface area contributed by atoms with Crippen molar-refractivity contribution in [3.63, 3.8) is 0 Å². The van der Waals surface area contributed by atoms with Gasteiger partial charge >= 0.3 is 0 Å². The highest BCUT2D eigenvalue weighted by molar-refractivity contribution is 7.09. The number of thiophene rings is 1. The van der Waals surface area contributed by atoms with Crippen molar-refractivity contribution in [2.24, 2.45) is 5.92 Å². The van der Waals surface area contributed by atoms with Gasteiger partial charge in [0.05, 0.1) is 6.54 Å². The second-order valence-corrected chi connectivity index (χ2v) is 7.25. The molecule has 2 heterocycles. The fraction of sp³-hybridized carbons (Fsp3) is 0.600. The molecule has 20 heavy (non-hydrogen) atoms. The quantitative estimate of drug-likeness (QED) is 0.927. The Hall–Kier alpha value is -1.36. The molecule has 5 heteroatoms. The summed E-state index contributed by atoms with van der Waals surface area (Å²) in [6, 6.07) is 3.57. The van der Waals surface area contributed by atoms with Crippen LogP contribution in [0.25, 0.3) is 0 Å². The van der Waals surface area contributed by atoms with Crippen molar-refractivity contribution in [1.29, 1.82) is 0 Å². The summed E-state index contributed by atoms with van der Waals surface area (Å²) in [7, 11) is 0. The van der Waals surface area contributed by atoms with Crippen LogP contribution in [0.3, 0.4) is 0 Å². The fourth-order valence-electron chi connectivity index (χ4n) is 2.45. The van der Waals surface area contributed by atoms with Crippen LogP contribution >= 0.6 is 11.3 Å². The van der Waals surface area contributed by atoms with Gasteiger partial charge in [-0.15, -0.1) is 11.3 Å². The summed E-state index contributed by atoms with van der Waals surface area (Å²) >= 11 is 1.61. The summed E-state index contributed by atoms with van der Waals surface area (Å²) < 4.78 is 0. The van der Waals surface area contributed by atoms with Crippen LogP contribution in [0.2, 0.25) is 0 Å². The summed E-state index contributed by atoms with van der Waals surface area (Å²) in [4.78, 5) is 27.8. The maximum Gasteiger partial charge on any atom is 0.246 e. The van der Waals surface area contributed by atoms with Gasteiger partial charge in [-0.05, 0) is 37.6 Å². The molecule has 0 radical (unpaired) electrons. The molecule has 1 atom stereocenters. The Morgan fingerprint density at radius 1 is 1.40 bits per heavy atom. The Balaban J connectivity index is 2.23. The van der Waals surface area contributed by atoms with Gasteiger partial charge in [0.2, 0.25) is 11.8 Å². The topological polar surface area (TPSA) is 49.4 Å². The Morgan fingerprint density at radius 2 is 2.10 bits per heavy atom. The number of rotatable bonds is 4. The van der Waals surface area contributed by atoms with Crippen molar-refractivity contribution >= 4 is 23.2 Å². The van der Waals surface area contributed by atoms with Gasteiger partial charge in [-0.25, -0.2) is 0 Å². The second-order valence-electron chi connectivity index (χ2n) is 6.22. The Labute approximate surface area is 124 Å². The van der Waals surface area contributed by atoms with E-state index in [4.69, 9.17) is 0 Å². The number of piperazine rings is 1. The van der Waals surface area contributed by atoms with E-state index in [9.17, 15) is 9.59 Å². The van der Waals surface area contributed by atoms with Gasteiger partial charge in [-0.1, -0.05) is 19.9 Å². The van der Waals surface area contributed by atoms with Crippen molar-refractivity contribution in [2.75, 3.05) is 0 Å². The van der Waals surface area contributed by atoms with E-state index < -0.39 is 11.6 Å². The van der Waals surface area contributed by atoms with Gasteiger partial charge in [0, 0.05) is 4.88 Å². The van der Waals surface area contributed by atoms with Crippen molar-refractivity contribution in [3.05, 3.63) is 22.4 Å². The predicted octanol–water partition coefficient (Wildman–Crippen LogP) is 2.40. The maximum atomic E-state index is 12.7. The molecule has 0 saturated carbocycles. The lowest BCUT2D eigenvalue weighted by molar-refractivity contribution is -0.156. The van der Waals surface area contributed by atoms with Crippen molar-refractivity contribution in [3.8, 4) is 0 Å². The first-order valence-corrected chi connectivity index (χ1v) is 7.85. The average molecular weight is 294 g/mol. The smallest absolute Gasteiger partial charge is 0.246 e. The zero-order chi connectivity index (χ0) is 14.9. The molecular weight excluding hydrogens is 272 g/mol. The third-order valence-electron chi connectivity index (χ3n) is 3.70. The van der Waals surface area contributed by atoms with Crippen LogP contribution in [0.1, 0.15) is 39.0 Å². The molecule has 1 aliphatic rings.